The first kappa shape index (κ1) is 15.8. The smallest absolute Gasteiger partial charge is 0.0101 e. The molecule has 0 radical (unpaired) electrons. The molecular formula is C20H37N. The molecule has 0 aromatic carbocycles. The molecule has 0 bridgehead atoms. The van der Waals surface area contributed by atoms with Gasteiger partial charge in [0.1, 0.15) is 0 Å². The predicted molar refractivity (Wildman–Crippen MR) is 91.6 cm³/mol. The molecule has 21 heavy (non-hydrogen) atoms. The predicted octanol–water partition coefficient (Wildman–Crippen LogP) is 5.92. The van der Waals surface area contributed by atoms with Gasteiger partial charge in [-0.3, -0.25) is 4.90 Å². The van der Waals surface area contributed by atoms with E-state index in [4.69, 9.17) is 0 Å². The molecule has 1 heteroatoms. The third-order valence-electron chi connectivity index (χ3n) is 6.81. The Labute approximate surface area is 132 Å². The van der Waals surface area contributed by atoms with E-state index >= 15 is 0 Å². The first-order valence-corrected chi connectivity index (χ1v) is 10.2. The quantitative estimate of drug-likeness (QED) is 0.621. The van der Waals surface area contributed by atoms with Gasteiger partial charge in [0.15, 0.2) is 0 Å². The summed E-state index contributed by atoms with van der Waals surface area (Å²) in [4.78, 5) is 3.10. The van der Waals surface area contributed by atoms with Gasteiger partial charge in [0, 0.05) is 18.1 Å². The number of nitrogens with zero attached hydrogens (tertiary/aromatic N) is 1. The second kappa shape index (κ2) is 7.99. The molecule has 0 atom stereocenters. The van der Waals surface area contributed by atoms with Gasteiger partial charge in [-0.1, -0.05) is 51.9 Å². The summed E-state index contributed by atoms with van der Waals surface area (Å²) in [6, 6.07) is 2.84. The van der Waals surface area contributed by atoms with Gasteiger partial charge in [0.2, 0.25) is 0 Å². The SMILES string of the molecule is CCC1CCC(N(C2CCCCC2)C2CCCCC2)CC1. The number of rotatable bonds is 4. The van der Waals surface area contributed by atoms with Crippen molar-refractivity contribution in [3.63, 3.8) is 0 Å². The Kier molecular flexibility index (Phi) is 6.03. The van der Waals surface area contributed by atoms with Crippen molar-refractivity contribution in [3.8, 4) is 0 Å². The Balaban J connectivity index is 1.65. The van der Waals surface area contributed by atoms with E-state index in [0.717, 1.165) is 24.0 Å². The van der Waals surface area contributed by atoms with Crippen molar-refractivity contribution >= 4 is 0 Å². The summed E-state index contributed by atoms with van der Waals surface area (Å²) in [5.74, 6) is 1.04. The van der Waals surface area contributed by atoms with Crippen LogP contribution in [0.15, 0.2) is 0 Å². The monoisotopic (exact) mass is 291 g/mol. The van der Waals surface area contributed by atoms with Crippen molar-refractivity contribution in [2.24, 2.45) is 5.92 Å². The van der Waals surface area contributed by atoms with Gasteiger partial charge < -0.3 is 0 Å². The van der Waals surface area contributed by atoms with Crippen LogP contribution in [-0.4, -0.2) is 23.0 Å². The van der Waals surface area contributed by atoms with E-state index in [0.29, 0.717) is 0 Å². The van der Waals surface area contributed by atoms with Crippen LogP contribution >= 0.6 is 0 Å². The van der Waals surface area contributed by atoms with Gasteiger partial charge >= 0.3 is 0 Å². The van der Waals surface area contributed by atoms with Crippen LogP contribution in [0.5, 0.6) is 0 Å². The van der Waals surface area contributed by atoms with Crippen molar-refractivity contribution in [2.45, 2.75) is 121 Å². The van der Waals surface area contributed by atoms with Gasteiger partial charge in [0.25, 0.3) is 0 Å². The standard InChI is InChI=1S/C20H37N/c1-2-17-13-15-20(16-14-17)21(18-9-5-3-6-10-18)19-11-7-4-8-12-19/h17-20H,2-16H2,1H3. The molecule has 3 saturated carbocycles. The van der Waals surface area contributed by atoms with E-state index in [9.17, 15) is 0 Å². The lowest BCUT2D eigenvalue weighted by Crippen LogP contribution is -2.51. The fourth-order valence-corrected chi connectivity index (χ4v) is 5.50. The highest BCUT2D eigenvalue weighted by Crippen LogP contribution is 2.37. The molecule has 0 saturated heterocycles. The van der Waals surface area contributed by atoms with Crippen LogP contribution in [0.1, 0.15) is 103 Å². The summed E-state index contributed by atoms with van der Waals surface area (Å²) in [5, 5.41) is 0. The summed E-state index contributed by atoms with van der Waals surface area (Å²) in [6.07, 6.45) is 22.5. The van der Waals surface area contributed by atoms with Gasteiger partial charge in [-0.25, -0.2) is 0 Å². The van der Waals surface area contributed by atoms with E-state index in [2.05, 4.69) is 11.8 Å². The molecular weight excluding hydrogens is 254 g/mol. The highest BCUT2D eigenvalue weighted by molar-refractivity contribution is 4.90. The zero-order chi connectivity index (χ0) is 14.5. The third-order valence-corrected chi connectivity index (χ3v) is 6.81. The van der Waals surface area contributed by atoms with Crippen molar-refractivity contribution in [3.05, 3.63) is 0 Å². The zero-order valence-electron chi connectivity index (χ0n) is 14.4. The molecule has 0 aromatic heterocycles. The molecule has 3 rings (SSSR count). The van der Waals surface area contributed by atoms with Crippen LogP contribution in [0, 0.1) is 5.92 Å². The number of hydrogen-bond acceptors (Lipinski definition) is 1. The second-order valence-corrected chi connectivity index (χ2v) is 8.11. The van der Waals surface area contributed by atoms with Crippen molar-refractivity contribution in [1.29, 1.82) is 0 Å². The van der Waals surface area contributed by atoms with E-state index in [1.807, 2.05) is 0 Å². The van der Waals surface area contributed by atoms with E-state index in [1.54, 1.807) is 0 Å². The fraction of sp³-hybridized carbons (Fsp3) is 1.00. The molecule has 0 spiro atoms. The molecule has 3 fully saturated rings. The van der Waals surface area contributed by atoms with Crippen molar-refractivity contribution in [2.75, 3.05) is 0 Å². The third kappa shape index (κ3) is 4.03. The Morgan fingerprint density at radius 3 is 1.43 bits per heavy atom. The molecule has 0 unspecified atom stereocenters. The maximum atomic E-state index is 3.10. The fourth-order valence-electron chi connectivity index (χ4n) is 5.50. The van der Waals surface area contributed by atoms with Crippen LogP contribution in [0.3, 0.4) is 0 Å². The topological polar surface area (TPSA) is 3.24 Å². The molecule has 1 nitrogen and oxygen atoms in total. The summed E-state index contributed by atoms with van der Waals surface area (Å²) in [5.41, 5.74) is 0. The second-order valence-electron chi connectivity index (χ2n) is 8.11. The average molecular weight is 292 g/mol. The zero-order valence-corrected chi connectivity index (χ0v) is 14.4. The molecule has 0 aromatic rings. The van der Waals surface area contributed by atoms with Gasteiger partial charge in [-0.2, -0.15) is 0 Å². The molecule has 3 aliphatic rings. The molecule has 0 amide bonds. The molecule has 122 valence electrons. The minimum atomic E-state index is 0.944. The summed E-state index contributed by atoms with van der Waals surface area (Å²) < 4.78 is 0. The Morgan fingerprint density at radius 1 is 0.571 bits per heavy atom. The lowest BCUT2D eigenvalue weighted by Gasteiger charge is -2.48. The van der Waals surface area contributed by atoms with E-state index < -0.39 is 0 Å². The summed E-state index contributed by atoms with van der Waals surface area (Å²) in [7, 11) is 0. The van der Waals surface area contributed by atoms with Crippen LogP contribution in [0.2, 0.25) is 0 Å². The minimum absolute atomic E-state index is 0.944. The van der Waals surface area contributed by atoms with Gasteiger partial charge in [0.05, 0.1) is 0 Å². The van der Waals surface area contributed by atoms with Crippen LogP contribution in [0.4, 0.5) is 0 Å². The van der Waals surface area contributed by atoms with Crippen molar-refractivity contribution in [1.82, 2.24) is 4.90 Å². The molecule has 0 N–H and O–H groups in total. The van der Waals surface area contributed by atoms with Gasteiger partial charge in [-0.05, 0) is 57.3 Å². The maximum Gasteiger partial charge on any atom is 0.0101 e. The summed E-state index contributed by atoms with van der Waals surface area (Å²) in [6.45, 7) is 2.39. The van der Waals surface area contributed by atoms with Gasteiger partial charge in [-0.15, -0.1) is 0 Å². The lowest BCUT2D eigenvalue weighted by atomic mass is 9.80. The highest BCUT2D eigenvalue weighted by atomic mass is 15.2. The lowest BCUT2D eigenvalue weighted by molar-refractivity contribution is 0.0153. The Hall–Kier alpha value is -0.0400. The largest absolute Gasteiger partial charge is 0.294 e. The molecule has 0 heterocycles. The van der Waals surface area contributed by atoms with E-state index in [1.165, 1.54) is 96.3 Å². The highest BCUT2D eigenvalue weighted by Gasteiger charge is 2.35. The van der Waals surface area contributed by atoms with E-state index in [-0.39, 0.29) is 0 Å². The van der Waals surface area contributed by atoms with Crippen LogP contribution < -0.4 is 0 Å². The summed E-state index contributed by atoms with van der Waals surface area (Å²) >= 11 is 0. The first-order chi connectivity index (χ1) is 10.4. The molecule has 3 aliphatic carbocycles. The maximum absolute atomic E-state index is 3.10. The first-order valence-electron chi connectivity index (χ1n) is 10.2. The average Bonchev–Trinajstić information content (AvgIpc) is 2.58. The normalized spacial score (nSPS) is 33.4. The Bertz CT molecular complexity index is 262. The van der Waals surface area contributed by atoms with Crippen LogP contribution in [-0.2, 0) is 0 Å². The minimum Gasteiger partial charge on any atom is -0.294 e. The molecule has 0 aliphatic heterocycles. The number of hydrogen-bond donors (Lipinski definition) is 0. The van der Waals surface area contributed by atoms with Crippen LogP contribution in [0.25, 0.3) is 0 Å². The Morgan fingerprint density at radius 2 is 1.00 bits per heavy atom. The van der Waals surface area contributed by atoms with Crippen molar-refractivity contribution < 1.29 is 0 Å².